The standard InChI is InChI=1S/C22H22NO2.ClHO4/c1-3-25-22(16-10-11-24-14-16)12-20-17-6-4-5-7-18(17)21(22)19-9-8-15(2)13-23(19)20;2-1(3,4)5/h4-11,13-14,20-21H,3,12H2,1-2H3;(H,2,3,4,5)/q+1;/p-1. The van der Waals surface area contributed by atoms with E-state index in [2.05, 4.69) is 67.1 Å². The third-order valence-corrected chi connectivity index (χ3v) is 5.83. The van der Waals surface area contributed by atoms with Crippen molar-refractivity contribution in [3.8, 4) is 0 Å². The second-order valence-electron chi connectivity index (χ2n) is 7.53. The van der Waals surface area contributed by atoms with Crippen LogP contribution in [-0.2, 0) is 10.3 Å². The predicted molar refractivity (Wildman–Crippen MR) is 94.4 cm³/mol. The lowest BCUT2D eigenvalue weighted by atomic mass is 9.62. The van der Waals surface area contributed by atoms with Crippen LogP contribution < -0.4 is 23.2 Å². The summed E-state index contributed by atoms with van der Waals surface area (Å²) in [6, 6.07) is 15.7. The van der Waals surface area contributed by atoms with Crippen molar-refractivity contribution in [1.29, 1.82) is 0 Å². The molecule has 1 aliphatic carbocycles. The van der Waals surface area contributed by atoms with Crippen molar-refractivity contribution in [1.82, 2.24) is 0 Å². The highest BCUT2D eigenvalue weighted by Gasteiger charge is 2.59. The highest BCUT2D eigenvalue weighted by Crippen LogP contribution is 2.57. The topological polar surface area (TPSA) is 118 Å². The Morgan fingerprint density at radius 3 is 2.43 bits per heavy atom. The van der Waals surface area contributed by atoms with Crippen LogP contribution in [0.1, 0.15) is 53.3 Å². The van der Waals surface area contributed by atoms with Gasteiger partial charge in [-0.1, -0.05) is 24.3 Å². The van der Waals surface area contributed by atoms with E-state index >= 15 is 0 Å². The Kier molecular flexibility index (Phi) is 5.44. The highest BCUT2D eigenvalue weighted by atomic mass is 35.7. The van der Waals surface area contributed by atoms with Gasteiger partial charge in [-0.25, -0.2) is 18.6 Å². The number of benzene rings is 1. The summed E-state index contributed by atoms with van der Waals surface area (Å²) in [6.45, 7) is 4.93. The van der Waals surface area contributed by atoms with Crippen LogP contribution >= 0.6 is 0 Å². The molecule has 3 unspecified atom stereocenters. The smallest absolute Gasteiger partial charge is 0.192 e. The Hall–Kier alpha value is -2.26. The molecule has 6 rings (SSSR count). The average molecular weight is 432 g/mol. The van der Waals surface area contributed by atoms with Crippen molar-refractivity contribution in [3.05, 3.63) is 89.1 Å². The van der Waals surface area contributed by atoms with Gasteiger partial charge in [0.1, 0.15) is 11.5 Å². The Bertz CT molecular complexity index is 1030. The zero-order valence-electron chi connectivity index (χ0n) is 16.6. The normalized spacial score (nSPS) is 23.9. The molecule has 3 aliphatic rings. The summed E-state index contributed by atoms with van der Waals surface area (Å²) in [6.07, 6.45) is 6.84. The molecule has 0 radical (unpaired) electrons. The van der Waals surface area contributed by atoms with Crippen molar-refractivity contribution < 1.29 is 42.6 Å². The largest absolute Gasteiger partial charge is 0.472 e. The van der Waals surface area contributed by atoms with Crippen LogP contribution in [-0.4, -0.2) is 6.61 Å². The Morgan fingerprint density at radius 2 is 1.80 bits per heavy atom. The molecule has 2 aliphatic heterocycles. The van der Waals surface area contributed by atoms with Gasteiger partial charge in [-0.05, 0) is 31.5 Å². The van der Waals surface area contributed by atoms with Gasteiger partial charge in [0.25, 0.3) is 0 Å². The SMILES string of the molecule is CCOC1(c2ccoc2)CC2c3ccccc3C1c1ccc(C)c[n+]12.[O-][Cl+3]([O-])([O-])[O-]. The fraction of sp³-hybridized carbons (Fsp3) is 0.318. The molecular formula is C22H22ClNO6. The van der Waals surface area contributed by atoms with E-state index in [9.17, 15) is 0 Å². The second-order valence-corrected chi connectivity index (χ2v) is 8.29. The van der Waals surface area contributed by atoms with E-state index in [-0.39, 0.29) is 17.6 Å². The van der Waals surface area contributed by atoms with Gasteiger partial charge < -0.3 is 9.15 Å². The van der Waals surface area contributed by atoms with E-state index in [1.165, 1.54) is 22.4 Å². The number of furan rings is 1. The monoisotopic (exact) mass is 431 g/mol. The molecule has 30 heavy (non-hydrogen) atoms. The van der Waals surface area contributed by atoms with Gasteiger partial charge in [-0.2, -0.15) is 4.57 Å². The van der Waals surface area contributed by atoms with Crippen LogP contribution in [0, 0.1) is 17.2 Å². The van der Waals surface area contributed by atoms with Crippen molar-refractivity contribution >= 4 is 0 Å². The number of hydrogen-bond acceptors (Lipinski definition) is 6. The van der Waals surface area contributed by atoms with Crippen molar-refractivity contribution in [3.63, 3.8) is 0 Å². The molecule has 2 aromatic heterocycles. The number of fused-ring (bicyclic) bond motifs is 1. The van der Waals surface area contributed by atoms with Crippen LogP contribution in [0.2, 0.25) is 0 Å². The first-order valence-corrected chi connectivity index (χ1v) is 10.9. The molecule has 1 aromatic carbocycles. The van der Waals surface area contributed by atoms with E-state index in [0.717, 1.165) is 12.0 Å². The number of pyridine rings is 1. The quantitative estimate of drug-likeness (QED) is 0.515. The number of hydrogen-bond donors (Lipinski definition) is 0. The maximum atomic E-state index is 8.49. The molecule has 0 amide bonds. The molecular weight excluding hydrogens is 410 g/mol. The fourth-order valence-corrected chi connectivity index (χ4v) is 4.92. The number of ether oxygens (including phenoxy) is 1. The first-order valence-electron chi connectivity index (χ1n) is 9.63. The Labute approximate surface area is 176 Å². The molecule has 8 heteroatoms. The first kappa shape index (κ1) is 21.0. The minimum atomic E-state index is -4.94. The third kappa shape index (κ3) is 3.65. The number of halogens is 1. The van der Waals surface area contributed by atoms with Gasteiger partial charge >= 0.3 is 0 Å². The molecule has 2 bridgehead atoms. The Balaban J connectivity index is 0.000000393. The zero-order valence-corrected chi connectivity index (χ0v) is 17.4. The number of aryl methyl sites for hydroxylation is 1. The van der Waals surface area contributed by atoms with Crippen LogP contribution in [0.4, 0.5) is 0 Å². The molecule has 0 saturated heterocycles. The minimum absolute atomic E-state index is 0.173. The first-order chi connectivity index (χ1) is 14.2. The lowest BCUT2D eigenvalue weighted by Crippen LogP contribution is -2.68. The van der Waals surface area contributed by atoms with Crippen molar-refractivity contribution in [2.24, 2.45) is 0 Å². The van der Waals surface area contributed by atoms with E-state index in [1.54, 1.807) is 6.26 Å². The van der Waals surface area contributed by atoms with Gasteiger partial charge in [-0.3, -0.25) is 0 Å². The molecule has 0 N–H and O–H groups in total. The lowest BCUT2D eigenvalue weighted by molar-refractivity contribution is -2.00. The van der Waals surface area contributed by atoms with Gasteiger partial charge in [0.15, 0.2) is 17.9 Å². The van der Waals surface area contributed by atoms with E-state index in [0.29, 0.717) is 6.61 Å². The van der Waals surface area contributed by atoms with Crippen LogP contribution in [0.15, 0.2) is 65.6 Å². The van der Waals surface area contributed by atoms with Gasteiger partial charge in [0, 0.05) is 35.8 Å². The maximum absolute atomic E-state index is 8.49. The number of rotatable bonds is 3. The van der Waals surface area contributed by atoms with Crippen molar-refractivity contribution in [2.75, 3.05) is 6.61 Å². The van der Waals surface area contributed by atoms with E-state index < -0.39 is 10.2 Å². The molecule has 0 fully saturated rings. The lowest BCUT2D eigenvalue weighted by Gasteiger charge is -2.48. The van der Waals surface area contributed by atoms with E-state index in [4.69, 9.17) is 27.8 Å². The predicted octanol–water partition coefficient (Wildman–Crippen LogP) is -0.510. The van der Waals surface area contributed by atoms with Gasteiger partial charge in [-0.15, -0.1) is 10.2 Å². The average Bonchev–Trinajstić information content (AvgIpc) is 3.23. The third-order valence-electron chi connectivity index (χ3n) is 5.83. The van der Waals surface area contributed by atoms with Crippen LogP contribution in [0.5, 0.6) is 0 Å². The molecule has 158 valence electrons. The fourth-order valence-electron chi connectivity index (χ4n) is 4.92. The van der Waals surface area contributed by atoms with Gasteiger partial charge in [0.05, 0.1) is 12.5 Å². The summed E-state index contributed by atoms with van der Waals surface area (Å²) >= 11 is 0. The minimum Gasteiger partial charge on any atom is -0.472 e. The van der Waals surface area contributed by atoms with Crippen molar-refractivity contribution in [2.45, 2.75) is 37.8 Å². The van der Waals surface area contributed by atoms with Crippen LogP contribution in [0.3, 0.4) is 0 Å². The van der Waals surface area contributed by atoms with Crippen LogP contribution in [0.25, 0.3) is 0 Å². The molecule has 3 aromatic rings. The summed E-state index contributed by atoms with van der Waals surface area (Å²) in [5, 5.41) is 0. The summed E-state index contributed by atoms with van der Waals surface area (Å²) in [5.41, 5.74) is 6.21. The molecule has 0 spiro atoms. The maximum Gasteiger partial charge on any atom is 0.192 e. The summed E-state index contributed by atoms with van der Waals surface area (Å²) < 4.78 is 48.4. The summed E-state index contributed by atoms with van der Waals surface area (Å²) in [4.78, 5) is 0. The molecule has 7 nitrogen and oxygen atoms in total. The molecule has 4 heterocycles. The summed E-state index contributed by atoms with van der Waals surface area (Å²) in [5.74, 6) is 0.173. The number of aromatic nitrogens is 1. The zero-order chi connectivity index (χ0) is 21.5. The highest BCUT2D eigenvalue weighted by molar-refractivity contribution is 5.47. The second kappa shape index (κ2) is 7.77. The Morgan fingerprint density at radius 1 is 1.10 bits per heavy atom. The molecule has 3 atom stereocenters. The summed E-state index contributed by atoms with van der Waals surface area (Å²) in [7, 11) is -4.94. The molecule has 0 saturated carbocycles. The van der Waals surface area contributed by atoms with Gasteiger partial charge in [0.2, 0.25) is 0 Å². The number of nitrogens with zero attached hydrogens (tertiary/aromatic N) is 1. The van der Waals surface area contributed by atoms with E-state index in [1.807, 2.05) is 6.26 Å².